The van der Waals surface area contributed by atoms with Crippen LogP contribution in [0.1, 0.15) is 24.8 Å². The molecule has 7 nitrogen and oxygen atoms in total. The van der Waals surface area contributed by atoms with Crippen molar-refractivity contribution in [2.75, 3.05) is 16.8 Å². The SMILES string of the molecule is O=C(O)CCCCN(C(=O)Nc1ccc(C(F)(F)F)cc1)c1ccc2[nH]c(=S)sc2n1. The lowest BCUT2D eigenvalue weighted by Crippen LogP contribution is -2.36. The molecule has 1 aromatic carbocycles. The average Bonchev–Trinajstić information content (AvgIpc) is 3.06. The molecule has 164 valence electrons. The number of nitrogens with one attached hydrogen (secondary N) is 2. The molecular formula is C19H17F3N4O3S2. The third-order valence-electron chi connectivity index (χ3n) is 4.28. The van der Waals surface area contributed by atoms with Crippen molar-refractivity contribution in [1.29, 1.82) is 0 Å². The molecule has 3 rings (SSSR count). The first-order chi connectivity index (χ1) is 14.6. The molecule has 31 heavy (non-hydrogen) atoms. The fourth-order valence-corrected chi connectivity index (χ4v) is 3.83. The number of benzene rings is 1. The number of carbonyl (C=O) groups excluding carboxylic acids is 1. The number of unbranched alkanes of at least 4 members (excludes halogenated alkanes) is 1. The Bertz CT molecular complexity index is 1140. The van der Waals surface area contributed by atoms with Gasteiger partial charge in [-0.3, -0.25) is 9.69 Å². The van der Waals surface area contributed by atoms with Crippen LogP contribution in [0.5, 0.6) is 0 Å². The molecule has 2 heterocycles. The van der Waals surface area contributed by atoms with Crippen LogP contribution in [0.3, 0.4) is 0 Å². The fraction of sp³-hybridized carbons (Fsp3) is 0.263. The van der Waals surface area contributed by atoms with Gasteiger partial charge in [-0.05, 0) is 61.5 Å². The van der Waals surface area contributed by atoms with E-state index in [2.05, 4.69) is 15.3 Å². The van der Waals surface area contributed by atoms with E-state index >= 15 is 0 Å². The normalized spacial score (nSPS) is 11.5. The molecule has 2 amide bonds. The summed E-state index contributed by atoms with van der Waals surface area (Å²) >= 11 is 6.34. The number of carboxylic acid groups (broad SMARTS) is 1. The molecule has 3 aromatic rings. The van der Waals surface area contributed by atoms with Crippen LogP contribution in [0.15, 0.2) is 36.4 Å². The summed E-state index contributed by atoms with van der Waals surface area (Å²) in [6.07, 6.45) is -3.76. The number of hydrogen-bond donors (Lipinski definition) is 3. The molecule has 0 aliphatic rings. The number of alkyl halides is 3. The highest BCUT2D eigenvalue weighted by Crippen LogP contribution is 2.30. The Morgan fingerprint density at radius 2 is 1.87 bits per heavy atom. The van der Waals surface area contributed by atoms with Crippen molar-refractivity contribution in [1.82, 2.24) is 9.97 Å². The highest BCUT2D eigenvalue weighted by Gasteiger charge is 2.30. The van der Waals surface area contributed by atoms with E-state index < -0.39 is 23.7 Å². The van der Waals surface area contributed by atoms with Gasteiger partial charge in [0.25, 0.3) is 0 Å². The summed E-state index contributed by atoms with van der Waals surface area (Å²) in [5, 5.41) is 11.4. The van der Waals surface area contributed by atoms with Gasteiger partial charge in [0.15, 0.2) is 3.95 Å². The first-order valence-electron chi connectivity index (χ1n) is 9.11. The maximum atomic E-state index is 12.9. The van der Waals surface area contributed by atoms with E-state index in [1.54, 1.807) is 12.1 Å². The number of pyridine rings is 1. The van der Waals surface area contributed by atoms with Gasteiger partial charge < -0.3 is 15.4 Å². The van der Waals surface area contributed by atoms with Crippen LogP contribution in [0.25, 0.3) is 10.3 Å². The molecule has 0 spiro atoms. The van der Waals surface area contributed by atoms with E-state index in [-0.39, 0.29) is 18.7 Å². The van der Waals surface area contributed by atoms with Gasteiger partial charge in [-0.1, -0.05) is 11.3 Å². The Balaban J connectivity index is 1.80. The van der Waals surface area contributed by atoms with Gasteiger partial charge in [0.1, 0.15) is 10.6 Å². The van der Waals surface area contributed by atoms with Gasteiger partial charge in [-0.2, -0.15) is 13.2 Å². The van der Waals surface area contributed by atoms with Crippen LogP contribution in [0, 0.1) is 3.95 Å². The molecule has 0 saturated carbocycles. The Morgan fingerprint density at radius 3 is 2.52 bits per heavy atom. The second-order valence-electron chi connectivity index (χ2n) is 6.54. The fourth-order valence-electron chi connectivity index (χ4n) is 2.78. The van der Waals surface area contributed by atoms with Crippen molar-refractivity contribution < 1.29 is 27.9 Å². The summed E-state index contributed by atoms with van der Waals surface area (Å²) < 4.78 is 38.7. The average molecular weight is 470 g/mol. The van der Waals surface area contributed by atoms with Crippen molar-refractivity contribution in [2.24, 2.45) is 0 Å². The summed E-state index contributed by atoms with van der Waals surface area (Å²) in [5.74, 6) is -0.620. The summed E-state index contributed by atoms with van der Waals surface area (Å²) in [4.78, 5) is 32.9. The van der Waals surface area contributed by atoms with E-state index in [9.17, 15) is 22.8 Å². The van der Waals surface area contributed by atoms with Crippen LogP contribution in [-0.2, 0) is 11.0 Å². The Kier molecular flexibility index (Phi) is 6.91. The number of rotatable bonds is 7. The zero-order chi connectivity index (χ0) is 22.6. The predicted molar refractivity (Wildman–Crippen MR) is 114 cm³/mol. The predicted octanol–water partition coefficient (Wildman–Crippen LogP) is 5.67. The van der Waals surface area contributed by atoms with Crippen molar-refractivity contribution in [3.05, 3.63) is 45.9 Å². The Labute approximate surface area is 183 Å². The van der Waals surface area contributed by atoms with Crippen molar-refractivity contribution in [3.8, 4) is 0 Å². The number of anilines is 2. The summed E-state index contributed by atoms with van der Waals surface area (Å²) in [6.45, 7) is 0.175. The van der Waals surface area contributed by atoms with Crippen LogP contribution in [0.4, 0.5) is 29.5 Å². The number of aliphatic carboxylic acids is 1. The Morgan fingerprint density at radius 1 is 1.16 bits per heavy atom. The molecule has 3 N–H and O–H groups in total. The zero-order valence-corrected chi connectivity index (χ0v) is 17.5. The van der Waals surface area contributed by atoms with Gasteiger partial charge in [-0.15, -0.1) is 0 Å². The molecule has 12 heteroatoms. The molecule has 0 aliphatic carbocycles. The highest BCUT2D eigenvalue weighted by molar-refractivity contribution is 7.73. The third-order valence-corrected chi connectivity index (χ3v) is 5.42. The number of carbonyl (C=O) groups is 2. The number of hydrogen-bond acceptors (Lipinski definition) is 5. The van der Waals surface area contributed by atoms with Gasteiger partial charge in [0.05, 0.1) is 11.1 Å². The van der Waals surface area contributed by atoms with E-state index in [0.717, 1.165) is 24.3 Å². The van der Waals surface area contributed by atoms with Crippen molar-refractivity contribution >= 4 is 57.4 Å². The van der Waals surface area contributed by atoms with E-state index in [1.807, 2.05) is 0 Å². The number of aromatic nitrogens is 2. The molecule has 0 bridgehead atoms. The zero-order valence-electron chi connectivity index (χ0n) is 15.9. The third kappa shape index (κ3) is 6.01. The lowest BCUT2D eigenvalue weighted by Gasteiger charge is -2.22. The number of urea groups is 1. The van der Waals surface area contributed by atoms with Crippen LogP contribution in [-0.4, -0.2) is 33.6 Å². The first-order valence-corrected chi connectivity index (χ1v) is 10.3. The maximum Gasteiger partial charge on any atom is 0.416 e. The van der Waals surface area contributed by atoms with Crippen LogP contribution < -0.4 is 10.2 Å². The minimum atomic E-state index is -4.47. The second kappa shape index (κ2) is 9.43. The summed E-state index contributed by atoms with van der Waals surface area (Å²) in [6, 6.07) is 6.83. The lowest BCUT2D eigenvalue weighted by atomic mass is 10.2. The second-order valence-corrected chi connectivity index (χ2v) is 8.21. The first kappa shape index (κ1) is 22.7. The standard InChI is InChI=1S/C19H17F3N4O3S2/c20-19(21,22)11-4-6-12(7-5-11)23-17(29)26(10-2-1-3-15(27)28)14-9-8-13-16(25-14)31-18(30)24-13/h4-9H,1-3,10H2,(H,23,29)(H,24,30)(H,27,28). The molecule has 2 aromatic heterocycles. The van der Waals surface area contributed by atoms with Crippen LogP contribution in [0.2, 0.25) is 0 Å². The van der Waals surface area contributed by atoms with E-state index in [0.29, 0.717) is 33.0 Å². The van der Waals surface area contributed by atoms with Gasteiger partial charge in [0, 0.05) is 18.7 Å². The van der Waals surface area contributed by atoms with E-state index in [4.69, 9.17) is 17.3 Å². The molecule has 0 fully saturated rings. The highest BCUT2D eigenvalue weighted by atomic mass is 32.1. The molecular weight excluding hydrogens is 453 g/mol. The number of aromatic amines is 1. The van der Waals surface area contributed by atoms with Crippen LogP contribution >= 0.6 is 23.6 Å². The smallest absolute Gasteiger partial charge is 0.416 e. The van der Waals surface area contributed by atoms with Gasteiger partial charge in [0.2, 0.25) is 0 Å². The Hall–Kier alpha value is -2.99. The number of H-pyrrole nitrogens is 1. The van der Waals surface area contributed by atoms with Gasteiger partial charge >= 0.3 is 18.2 Å². The minimum Gasteiger partial charge on any atom is -0.481 e. The largest absolute Gasteiger partial charge is 0.481 e. The number of thiazole rings is 1. The molecule has 0 unspecified atom stereocenters. The number of amides is 2. The van der Waals surface area contributed by atoms with Crippen molar-refractivity contribution in [2.45, 2.75) is 25.4 Å². The molecule has 0 atom stereocenters. The lowest BCUT2D eigenvalue weighted by molar-refractivity contribution is -0.138. The molecule has 0 radical (unpaired) electrons. The monoisotopic (exact) mass is 470 g/mol. The topological polar surface area (TPSA) is 98.3 Å². The molecule has 0 aliphatic heterocycles. The van der Waals surface area contributed by atoms with E-state index in [1.165, 1.54) is 16.2 Å². The molecule has 0 saturated heterocycles. The summed E-state index contributed by atoms with van der Waals surface area (Å²) in [7, 11) is 0. The number of carboxylic acids is 1. The number of fused-ring (bicyclic) bond motifs is 1. The van der Waals surface area contributed by atoms with Crippen molar-refractivity contribution in [3.63, 3.8) is 0 Å². The quantitative estimate of drug-likeness (QED) is 0.305. The number of halogens is 3. The summed E-state index contributed by atoms with van der Waals surface area (Å²) in [5.41, 5.74) is 0.0800. The minimum absolute atomic E-state index is 0.0416. The maximum absolute atomic E-state index is 12.9. The number of nitrogens with zero attached hydrogens (tertiary/aromatic N) is 2. The van der Waals surface area contributed by atoms with Gasteiger partial charge in [-0.25, -0.2) is 9.78 Å².